The number of anilines is 3. The van der Waals surface area contributed by atoms with E-state index in [4.69, 9.17) is 10.00 Å². The van der Waals surface area contributed by atoms with E-state index in [-0.39, 0.29) is 24.0 Å². The number of thiazole rings is 1. The molecule has 0 amide bonds. The number of hydrogen-bond donors (Lipinski definition) is 2. The highest BCUT2D eigenvalue weighted by Gasteiger charge is 2.47. The lowest BCUT2D eigenvalue weighted by Crippen LogP contribution is -2.62. The molecule has 0 radical (unpaired) electrons. The third kappa shape index (κ3) is 5.55. The number of rotatable bonds is 9. The highest BCUT2D eigenvalue weighted by atomic mass is 32.2. The number of nitrogens with one attached hydrogen (secondary N) is 2. The molecule has 0 bridgehead atoms. The molecule has 3 unspecified atom stereocenters. The average molecular weight is 505 g/mol. The molecule has 4 rings (SSSR count). The highest BCUT2D eigenvalue weighted by molar-refractivity contribution is 7.86. The fraction of sp³-hybridized carbons (Fsp3) is 0.636. The molecular weight excluding hydrogens is 472 g/mol. The number of aryl methyl sites for hydroxylation is 1. The van der Waals surface area contributed by atoms with E-state index in [1.807, 2.05) is 17.4 Å². The van der Waals surface area contributed by atoms with E-state index in [1.54, 1.807) is 24.5 Å². The van der Waals surface area contributed by atoms with Crippen LogP contribution in [0.4, 0.5) is 16.9 Å². The fourth-order valence-corrected chi connectivity index (χ4v) is 7.00. The molecular formula is C22H32N8O2S2. The zero-order valence-corrected chi connectivity index (χ0v) is 21.7. The lowest BCUT2D eigenvalue weighted by molar-refractivity contribution is 0.135. The van der Waals surface area contributed by atoms with Gasteiger partial charge in [-0.3, -0.25) is 0 Å². The van der Waals surface area contributed by atoms with E-state index in [2.05, 4.69) is 49.8 Å². The van der Waals surface area contributed by atoms with Crippen molar-refractivity contribution in [1.82, 2.24) is 23.6 Å². The van der Waals surface area contributed by atoms with Gasteiger partial charge in [0.05, 0.1) is 44.3 Å². The molecule has 10 nitrogen and oxygen atoms in total. The molecule has 184 valence electrons. The second-order valence-corrected chi connectivity index (χ2v) is 11.4. The number of aromatic nitrogens is 3. The van der Waals surface area contributed by atoms with Crippen molar-refractivity contribution in [3.63, 3.8) is 0 Å². The molecule has 2 aromatic rings. The predicted octanol–water partition coefficient (Wildman–Crippen LogP) is 3.46. The molecule has 2 aliphatic heterocycles. The van der Waals surface area contributed by atoms with Gasteiger partial charge >= 0.3 is 0 Å². The van der Waals surface area contributed by atoms with Crippen molar-refractivity contribution in [2.45, 2.75) is 64.6 Å². The van der Waals surface area contributed by atoms with Crippen LogP contribution >= 0.6 is 11.3 Å². The number of nitriles is 1. The number of hydrogen-bond acceptors (Lipinski definition) is 11. The Kier molecular flexibility index (Phi) is 8.10. The van der Waals surface area contributed by atoms with Gasteiger partial charge in [-0.15, -0.1) is 19.9 Å². The van der Waals surface area contributed by atoms with E-state index >= 15 is 0 Å². The average Bonchev–Trinajstić information content (AvgIpc) is 3.21. The molecule has 0 spiro atoms. The summed E-state index contributed by atoms with van der Waals surface area (Å²) in [5, 5.41) is 16.6. The van der Waals surface area contributed by atoms with Crippen molar-refractivity contribution in [3.05, 3.63) is 17.1 Å². The minimum atomic E-state index is -1.22. The van der Waals surface area contributed by atoms with E-state index in [0.29, 0.717) is 30.7 Å². The summed E-state index contributed by atoms with van der Waals surface area (Å²) in [6, 6.07) is 4.50. The highest BCUT2D eigenvalue weighted by Crippen LogP contribution is 2.35. The Bertz CT molecular complexity index is 995. The van der Waals surface area contributed by atoms with Crippen LogP contribution < -0.4 is 15.4 Å². The quantitative estimate of drug-likeness (QED) is 0.490. The van der Waals surface area contributed by atoms with Crippen LogP contribution in [0.5, 0.6) is 5.88 Å². The van der Waals surface area contributed by atoms with E-state index in [1.165, 1.54) is 0 Å². The Balaban J connectivity index is 1.47. The molecule has 34 heavy (non-hydrogen) atoms. The molecule has 0 aromatic carbocycles. The Morgan fingerprint density at radius 3 is 2.53 bits per heavy atom. The van der Waals surface area contributed by atoms with Crippen LogP contribution in [-0.2, 0) is 11.5 Å². The zero-order chi connectivity index (χ0) is 24.2. The molecule has 2 aliphatic rings. The van der Waals surface area contributed by atoms with Crippen LogP contribution in [0.3, 0.4) is 0 Å². The topological polar surface area (TPSA) is 125 Å². The van der Waals surface area contributed by atoms with Crippen LogP contribution in [0.1, 0.15) is 44.4 Å². The van der Waals surface area contributed by atoms with Gasteiger partial charge in [0.2, 0.25) is 11.8 Å². The first kappa shape index (κ1) is 24.9. The van der Waals surface area contributed by atoms with Gasteiger partial charge in [0.15, 0.2) is 5.13 Å². The lowest BCUT2D eigenvalue weighted by atomic mass is 9.91. The van der Waals surface area contributed by atoms with Crippen molar-refractivity contribution in [2.24, 2.45) is 5.92 Å². The maximum atomic E-state index is 13.3. The number of ether oxygens (including phenoxy) is 1. The van der Waals surface area contributed by atoms with Gasteiger partial charge in [-0.25, -0.2) is 4.98 Å². The maximum Gasteiger partial charge on any atom is 0.228 e. The van der Waals surface area contributed by atoms with Gasteiger partial charge < -0.3 is 19.9 Å². The Morgan fingerprint density at radius 1 is 1.26 bits per heavy atom. The molecule has 12 heteroatoms. The van der Waals surface area contributed by atoms with E-state index in [9.17, 15) is 4.55 Å². The molecule has 2 fully saturated rings. The Labute approximate surface area is 208 Å². The molecule has 0 aliphatic carbocycles. The third-order valence-corrected chi connectivity index (χ3v) is 8.83. The standard InChI is InChI=1S/C22H32N8O2S2/c1-5-17-7-16(8-18(6-2)30(17)34(31)29-12-15(10-23)13-29)25-21-26-19(9-20(28-21)32-4)27-22-24-11-14(3)33-22/h9,11,15-18H,5-8,12-13H2,1-4H3,(H2,24,25,26,27,28). The summed E-state index contributed by atoms with van der Waals surface area (Å²) in [6.45, 7) is 7.45. The van der Waals surface area contributed by atoms with Gasteiger partial charge in [0, 0.05) is 23.2 Å². The van der Waals surface area contributed by atoms with E-state index < -0.39 is 11.5 Å². The van der Waals surface area contributed by atoms with Crippen LogP contribution in [-0.4, -0.2) is 66.4 Å². The number of piperidine rings is 1. The molecule has 0 saturated carbocycles. The second kappa shape index (κ2) is 11.0. The van der Waals surface area contributed by atoms with Gasteiger partial charge in [-0.05, 0) is 32.6 Å². The summed E-state index contributed by atoms with van der Waals surface area (Å²) in [7, 11) is 1.59. The lowest BCUT2D eigenvalue weighted by Gasteiger charge is -2.47. The van der Waals surface area contributed by atoms with Crippen molar-refractivity contribution < 1.29 is 9.29 Å². The van der Waals surface area contributed by atoms with E-state index in [0.717, 1.165) is 35.7 Å². The Morgan fingerprint density at radius 2 is 1.97 bits per heavy atom. The van der Waals surface area contributed by atoms with Crippen molar-refractivity contribution >= 4 is 39.8 Å². The fourth-order valence-electron chi connectivity index (χ4n) is 4.47. The SMILES string of the molecule is CCC1CC(Nc2nc(Nc3ncc(C)s3)cc(OC)n2)CC(CC)N1[S+]([O-])N1CC(C#N)C1. The first-order chi connectivity index (χ1) is 16.4. The molecule has 2 aromatic heterocycles. The molecule has 2 N–H and O–H groups in total. The first-order valence-electron chi connectivity index (χ1n) is 11.7. The van der Waals surface area contributed by atoms with Crippen molar-refractivity contribution in [1.29, 1.82) is 5.26 Å². The maximum absolute atomic E-state index is 13.3. The van der Waals surface area contributed by atoms with Crippen LogP contribution in [0, 0.1) is 24.2 Å². The summed E-state index contributed by atoms with van der Waals surface area (Å²) < 4.78 is 22.8. The summed E-state index contributed by atoms with van der Waals surface area (Å²) in [5.74, 6) is 1.57. The van der Waals surface area contributed by atoms with Gasteiger partial charge in [-0.1, -0.05) is 13.8 Å². The monoisotopic (exact) mass is 504 g/mol. The normalized spacial score (nSPS) is 24.8. The van der Waals surface area contributed by atoms with Crippen molar-refractivity contribution in [3.8, 4) is 11.9 Å². The van der Waals surface area contributed by atoms with Crippen LogP contribution in [0.2, 0.25) is 0 Å². The zero-order valence-electron chi connectivity index (χ0n) is 20.0. The predicted molar refractivity (Wildman–Crippen MR) is 134 cm³/mol. The van der Waals surface area contributed by atoms with Crippen LogP contribution in [0.25, 0.3) is 0 Å². The number of methoxy groups -OCH3 is 1. The molecule has 4 heterocycles. The van der Waals surface area contributed by atoms with Gasteiger partial charge in [0.1, 0.15) is 17.4 Å². The van der Waals surface area contributed by atoms with Crippen LogP contribution in [0.15, 0.2) is 12.3 Å². The minimum Gasteiger partial charge on any atom is -0.578 e. The largest absolute Gasteiger partial charge is 0.578 e. The summed E-state index contributed by atoms with van der Waals surface area (Å²) in [5.41, 5.74) is 0. The summed E-state index contributed by atoms with van der Waals surface area (Å²) in [6.07, 6.45) is 5.28. The molecule has 2 saturated heterocycles. The molecule has 3 atom stereocenters. The van der Waals surface area contributed by atoms with Gasteiger partial charge in [0.25, 0.3) is 0 Å². The van der Waals surface area contributed by atoms with Crippen molar-refractivity contribution in [2.75, 3.05) is 30.8 Å². The minimum absolute atomic E-state index is 0.00961. The smallest absolute Gasteiger partial charge is 0.228 e. The number of nitrogens with zero attached hydrogens (tertiary/aromatic N) is 6. The summed E-state index contributed by atoms with van der Waals surface area (Å²) in [4.78, 5) is 14.6. The Hall–Kier alpha value is -2.17. The third-order valence-electron chi connectivity index (χ3n) is 6.31. The second-order valence-electron chi connectivity index (χ2n) is 8.72. The first-order valence-corrected chi connectivity index (χ1v) is 13.6. The summed E-state index contributed by atoms with van der Waals surface area (Å²) >= 11 is 0.341. The van der Waals surface area contributed by atoms with Gasteiger partial charge in [-0.2, -0.15) is 15.2 Å².